The van der Waals surface area contributed by atoms with Crippen LogP contribution in [0.1, 0.15) is 43.7 Å². The number of ether oxygens (including phenoxy) is 2. The van der Waals surface area contributed by atoms with E-state index >= 15 is 0 Å². The van der Waals surface area contributed by atoms with Gasteiger partial charge in [0.05, 0.1) is 6.61 Å². The fourth-order valence-electron chi connectivity index (χ4n) is 2.58. The van der Waals surface area contributed by atoms with Crippen LogP contribution in [0.5, 0.6) is 11.5 Å². The van der Waals surface area contributed by atoms with Gasteiger partial charge < -0.3 is 14.8 Å². The highest BCUT2D eigenvalue weighted by Gasteiger charge is 1.99. The molecule has 0 fully saturated rings. The first kappa shape index (κ1) is 19.2. The molecule has 0 bridgehead atoms. The maximum atomic E-state index is 5.82. The molecule has 0 amide bonds. The first-order chi connectivity index (χ1) is 12.2. The van der Waals surface area contributed by atoms with Gasteiger partial charge in [-0.25, -0.2) is 0 Å². The van der Waals surface area contributed by atoms with E-state index in [9.17, 15) is 0 Å². The number of aryl methyl sites for hydroxylation is 2. The third-order valence-corrected chi connectivity index (χ3v) is 4.28. The van der Waals surface area contributed by atoms with Crippen molar-refractivity contribution in [3.63, 3.8) is 0 Å². The second-order valence-corrected chi connectivity index (χ2v) is 6.46. The van der Waals surface area contributed by atoms with Gasteiger partial charge >= 0.3 is 0 Å². The standard InChI is InChI=1S/C22H31NO2/c1-4-5-6-7-14-24-21-10-8-9-20(17-21)23-13-15-25-22-12-11-18(2)19(3)16-22/h8-12,16-17,23H,4-7,13-15H2,1-3H3. The van der Waals surface area contributed by atoms with Crippen LogP contribution in [0.25, 0.3) is 0 Å². The van der Waals surface area contributed by atoms with Crippen LogP contribution >= 0.6 is 0 Å². The second-order valence-electron chi connectivity index (χ2n) is 6.46. The minimum absolute atomic E-state index is 0.630. The van der Waals surface area contributed by atoms with Crippen LogP contribution in [0, 0.1) is 13.8 Å². The molecule has 3 nitrogen and oxygen atoms in total. The van der Waals surface area contributed by atoms with Crippen LogP contribution in [0.2, 0.25) is 0 Å². The summed E-state index contributed by atoms with van der Waals surface area (Å²) >= 11 is 0. The Morgan fingerprint density at radius 1 is 0.800 bits per heavy atom. The summed E-state index contributed by atoms with van der Waals surface area (Å²) in [4.78, 5) is 0. The van der Waals surface area contributed by atoms with E-state index in [0.717, 1.165) is 36.8 Å². The Balaban J connectivity index is 1.69. The van der Waals surface area contributed by atoms with Gasteiger partial charge in [0.1, 0.15) is 18.1 Å². The van der Waals surface area contributed by atoms with Crippen LogP contribution in [0.4, 0.5) is 5.69 Å². The van der Waals surface area contributed by atoms with Crippen LogP contribution in [-0.4, -0.2) is 19.8 Å². The highest BCUT2D eigenvalue weighted by atomic mass is 16.5. The zero-order chi connectivity index (χ0) is 17.9. The minimum Gasteiger partial charge on any atom is -0.494 e. The Hall–Kier alpha value is -2.16. The van der Waals surface area contributed by atoms with Gasteiger partial charge in [-0.15, -0.1) is 0 Å². The van der Waals surface area contributed by atoms with Crippen LogP contribution < -0.4 is 14.8 Å². The normalized spacial score (nSPS) is 10.5. The van der Waals surface area contributed by atoms with Gasteiger partial charge in [-0.05, 0) is 55.7 Å². The first-order valence-corrected chi connectivity index (χ1v) is 9.36. The topological polar surface area (TPSA) is 30.5 Å². The van der Waals surface area contributed by atoms with Gasteiger partial charge in [-0.1, -0.05) is 38.3 Å². The van der Waals surface area contributed by atoms with Crippen molar-refractivity contribution in [3.05, 3.63) is 53.6 Å². The Kier molecular flexibility index (Phi) is 8.17. The molecule has 25 heavy (non-hydrogen) atoms. The molecule has 0 radical (unpaired) electrons. The highest BCUT2D eigenvalue weighted by molar-refractivity contribution is 5.48. The number of hydrogen-bond acceptors (Lipinski definition) is 3. The van der Waals surface area contributed by atoms with E-state index in [1.807, 2.05) is 18.2 Å². The average molecular weight is 341 g/mol. The highest BCUT2D eigenvalue weighted by Crippen LogP contribution is 2.18. The van der Waals surface area contributed by atoms with Gasteiger partial charge in [-0.3, -0.25) is 0 Å². The van der Waals surface area contributed by atoms with Crippen LogP contribution in [0.15, 0.2) is 42.5 Å². The molecule has 0 aliphatic carbocycles. The zero-order valence-electron chi connectivity index (χ0n) is 15.8. The molecule has 0 aromatic heterocycles. The Morgan fingerprint density at radius 3 is 2.40 bits per heavy atom. The van der Waals surface area contributed by atoms with Gasteiger partial charge in [-0.2, -0.15) is 0 Å². The molecule has 0 saturated carbocycles. The van der Waals surface area contributed by atoms with Crippen molar-refractivity contribution in [2.24, 2.45) is 0 Å². The van der Waals surface area contributed by atoms with Crippen molar-refractivity contribution in [1.82, 2.24) is 0 Å². The van der Waals surface area contributed by atoms with Gasteiger partial charge in [0, 0.05) is 18.3 Å². The Labute approximate surface area is 152 Å². The average Bonchev–Trinajstić information content (AvgIpc) is 2.62. The Morgan fingerprint density at radius 2 is 1.60 bits per heavy atom. The van der Waals surface area contributed by atoms with E-state index in [0.29, 0.717) is 6.61 Å². The van der Waals surface area contributed by atoms with E-state index in [-0.39, 0.29) is 0 Å². The summed E-state index contributed by atoms with van der Waals surface area (Å²) in [5.41, 5.74) is 3.61. The molecule has 0 spiro atoms. The quantitative estimate of drug-likeness (QED) is 0.528. The van der Waals surface area contributed by atoms with E-state index in [1.165, 1.54) is 30.4 Å². The summed E-state index contributed by atoms with van der Waals surface area (Å²) in [5.74, 6) is 1.85. The number of hydrogen-bond donors (Lipinski definition) is 1. The lowest BCUT2D eigenvalue weighted by atomic mass is 10.1. The van der Waals surface area contributed by atoms with Crippen molar-refractivity contribution in [2.75, 3.05) is 25.1 Å². The molecule has 3 heteroatoms. The number of rotatable bonds is 11. The van der Waals surface area contributed by atoms with E-state index in [4.69, 9.17) is 9.47 Å². The largest absolute Gasteiger partial charge is 0.494 e. The number of unbranched alkanes of at least 4 members (excludes halogenated alkanes) is 3. The zero-order valence-corrected chi connectivity index (χ0v) is 15.8. The summed E-state index contributed by atoms with van der Waals surface area (Å²) < 4.78 is 11.6. The second kappa shape index (κ2) is 10.7. The lowest BCUT2D eigenvalue weighted by Crippen LogP contribution is -2.11. The van der Waals surface area contributed by atoms with E-state index < -0.39 is 0 Å². The molecule has 0 aliphatic heterocycles. The molecule has 0 atom stereocenters. The summed E-state index contributed by atoms with van der Waals surface area (Å²) in [7, 11) is 0. The molecule has 0 unspecified atom stereocenters. The number of benzene rings is 2. The van der Waals surface area contributed by atoms with Crippen LogP contribution in [-0.2, 0) is 0 Å². The summed E-state index contributed by atoms with van der Waals surface area (Å²) in [6, 6.07) is 14.3. The molecular formula is C22H31NO2. The van der Waals surface area contributed by atoms with Gasteiger partial charge in [0.2, 0.25) is 0 Å². The first-order valence-electron chi connectivity index (χ1n) is 9.36. The molecular weight excluding hydrogens is 310 g/mol. The monoisotopic (exact) mass is 341 g/mol. The fraction of sp³-hybridized carbons (Fsp3) is 0.455. The molecule has 0 aliphatic rings. The van der Waals surface area contributed by atoms with E-state index in [1.54, 1.807) is 0 Å². The lowest BCUT2D eigenvalue weighted by Gasteiger charge is -2.11. The maximum absolute atomic E-state index is 5.82. The summed E-state index contributed by atoms with van der Waals surface area (Å²) in [6.45, 7) is 8.62. The fourth-order valence-corrected chi connectivity index (χ4v) is 2.58. The van der Waals surface area contributed by atoms with E-state index in [2.05, 4.69) is 50.4 Å². The Bertz CT molecular complexity index is 640. The molecule has 2 aromatic rings. The molecule has 0 saturated heterocycles. The van der Waals surface area contributed by atoms with Gasteiger partial charge in [0.25, 0.3) is 0 Å². The molecule has 136 valence electrons. The van der Waals surface area contributed by atoms with Crippen LogP contribution in [0.3, 0.4) is 0 Å². The number of anilines is 1. The lowest BCUT2D eigenvalue weighted by molar-refractivity contribution is 0.305. The van der Waals surface area contributed by atoms with Crippen molar-refractivity contribution in [1.29, 1.82) is 0 Å². The maximum Gasteiger partial charge on any atom is 0.121 e. The minimum atomic E-state index is 0.630. The third-order valence-electron chi connectivity index (χ3n) is 4.28. The van der Waals surface area contributed by atoms with Gasteiger partial charge in [0.15, 0.2) is 0 Å². The smallest absolute Gasteiger partial charge is 0.121 e. The molecule has 2 rings (SSSR count). The van der Waals surface area contributed by atoms with Crippen molar-refractivity contribution in [3.8, 4) is 11.5 Å². The predicted octanol–water partition coefficient (Wildman–Crippen LogP) is 5.75. The SMILES string of the molecule is CCCCCCOc1cccc(NCCOc2ccc(C)c(C)c2)c1. The molecule has 2 aromatic carbocycles. The van der Waals surface area contributed by atoms with Crippen molar-refractivity contribution >= 4 is 5.69 Å². The molecule has 0 heterocycles. The molecule has 1 N–H and O–H groups in total. The van der Waals surface area contributed by atoms with Crippen molar-refractivity contribution < 1.29 is 9.47 Å². The third kappa shape index (κ3) is 7.08. The summed E-state index contributed by atoms with van der Waals surface area (Å²) in [5, 5.41) is 3.39. The number of nitrogens with one attached hydrogen (secondary N) is 1. The van der Waals surface area contributed by atoms with Crippen molar-refractivity contribution in [2.45, 2.75) is 46.5 Å². The predicted molar refractivity (Wildman–Crippen MR) is 106 cm³/mol. The summed E-state index contributed by atoms with van der Waals surface area (Å²) in [6.07, 6.45) is 4.90.